The summed E-state index contributed by atoms with van der Waals surface area (Å²) >= 11 is 5.80. The molecule has 5 nitrogen and oxygen atoms in total. The van der Waals surface area contributed by atoms with E-state index in [1.165, 1.54) is 6.33 Å². The van der Waals surface area contributed by atoms with Crippen LogP contribution in [0.4, 0.5) is 5.69 Å². The van der Waals surface area contributed by atoms with Gasteiger partial charge in [0.25, 0.3) is 0 Å². The lowest BCUT2D eigenvalue weighted by atomic mass is 10.0. The van der Waals surface area contributed by atoms with Crippen LogP contribution in [0.3, 0.4) is 0 Å². The zero-order chi connectivity index (χ0) is 14.1. The Labute approximate surface area is 119 Å². The zero-order valence-electron chi connectivity index (χ0n) is 10.2. The standard InChI is InChI=1S/C14H8ClN3O2/c15-14-13(18(19)20)12(16-8-17-14)11-6-5-9-3-1-2-4-10(9)7-11/h1-8H. The van der Waals surface area contributed by atoms with E-state index in [1.54, 1.807) is 6.07 Å². The maximum atomic E-state index is 11.1. The van der Waals surface area contributed by atoms with Crippen LogP contribution in [0.25, 0.3) is 22.0 Å². The number of nitrogens with zero attached hydrogens (tertiary/aromatic N) is 3. The van der Waals surface area contributed by atoms with E-state index in [4.69, 9.17) is 11.6 Å². The maximum Gasteiger partial charge on any atom is 0.332 e. The summed E-state index contributed by atoms with van der Waals surface area (Å²) in [7, 11) is 0. The third-order valence-corrected chi connectivity index (χ3v) is 3.26. The lowest BCUT2D eigenvalue weighted by Crippen LogP contribution is -1.97. The predicted molar refractivity (Wildman–Crippen MR) is 76.6 cm³/mol. The van der Waals surface area contributed by atoms with Gasteiger partial charge in [0.1, 0.15) is 6.33 Å². The third-order valence-electron chi connectivity index (χ3n) is 2.98. The second-order valence-electron chi connectivity index (χ2n) is 4.18. The lowest BCUT2D eigenvalue weighted by molar-refractivity contribution is -0.384. The minimum atomic E-state index is -0.563. The SMILES string of the molecule is O=[N+]([O-])c1c(Cl)ncnc1-c1ccc2ccccc2c1. The van der Waals surface area contributed by atoms with E-state index in [2.05, 4.69) is 9.97 Å². The summed E-state index contributed by atoms with van der Waals surface area (Å²) in [5.74, 6) is 0. The molecule has 1 aromatic heterocycles. The molecule has 0 saturated carbocycles. The van der Waals surface area contributed by atoms with Gasteiger partial charge in [-0.2, -0.15) is 0 Å². The van der Waals surface area contributed by atoms with Gasteiger partial charge in [-0.05, 0) is 16.8 Å². The van der Waals surface area contributed by atoms with Crippen LogP contribution in [-0.4, -0.2) is 14.9 Å². The van der Waals surface area contributed by atoms with E-state index in [-0.39, 0.29) is 16.5 Å². The minimum Gasteiger partial charge on any atom is -0.258 e. The third kappa shape index (κ3) is 2.08. The van der Waals surface area contributed by atoms with Crippen LogP contribution >= 0.6 is 11.6 Å². The van der Waals surface area contributed by atoms with Crippen molar-refractivity contribution in [2.45, 2.75) is 0 Å². The molecule has 3 aromatic rings. The molecule has 2 aromatic carbocycles. The summed E-state index contributed by atoms with van der Waals surface area (Å²) in [4.78, 5) is 18.2. The first-order valence-corrected chi connectivity index (χ1v) is 6.18. The van der Waals surface area contributed by atoms with Crippen molar-refractivity contribution in [2.75, 3.05) is 0 Å². The van der Waals surface area contributed by atoms with Crippen LogP contribution in [0.2, 0.25) is 5.15 Å². The first-order chi connectivity index (χ1) is 9.66. The van der Waals surface area contributed by atoms with Crippen molar-refractivity contribution in [1.29, 1.82) is 0 Å². The first-order valence-electron chi connectivity index (χ1n) is 5.81. The van der Waals surface area contributed by atoms with E-state index in [0.29, 0.717) is 5.56 Å². The Hall–Kier alpha value is -2.53. The summed E-state index contributed by atoms with van der Waals surface area (Å²) in [5.41, 5.74) is 0.588. The average molecular weight is 286 g/mol. The highest BCUT2D eigenvalue weighted by Gasteiger charge is 2.22. The molecular weight excluding hydrogens is 278 g/mol. The lowest BCUT2D eigenvalue weighted by Gasteiger charge is -2.04. The molecule has 0 fully saturated rings. The van der Waals surface area contributed by atoms with Crippen LogP contribution in [0, 0.1) is 10.1 Å². The van der Waals surface area contributed by atoms with E-state index < -0.39 is 4.92 Å². The Balaban J connectivity index is 2.25. The Morgan fingerprint density at radius 1 is 1.05 bits per heavy atom. The van der Waals surface area contributed by atoms with Gasteiger partial charge in [-0.15, -0.1) is 0 Å². The molecule has 0 aliphatic heterocycles. The van der Waals surface area contributed by atoms with Gasteiger partial charge < -0.3 is 0 Å². The highest BCUT2D eigenvalue weighted by Crippen LogP contribution is 2.33. The number of rotatable bonds is 2. The molecule has 6 heteroatoms. The number of halogens is 1. The van der Waals surface area contributed by atoms with E-state index in [0.717, 1.165) is 10.8 Å². The second-order valence-corrected chi connectivity index (χ2v) is 4.54. The Morgan fingerprint density at radius 2 is 1.80 bits per heavy atom. The number of fused-ring (bicyclic) bond motifs is 1. The van der Waals surface area contributed by atoms with E-state index in [1.807, 2.05) is 36.4 Å². The van der Waals surface area contributed by atoms with Crippen LogP contribution in [0.1, 0.15) is 0 Å². The fourth-order valence-electron chi connectivity index (χ4n) is 2.07. The molecule has 0 amide bonds. The second kappa shape index (κ2) is 4.86. The Bertz CT molecular complexity index is 820. The summed E-state index contributed by atoms with van der Waals surface area (Å²) < 4.78 is 0. The van der Waals surface area contributed by atoms with Gasteiger partial charge in [0.05, 0.1) is 4.92 Å². The molecule has 0 saturated heterocycles. The molecule has 0 aliphatic carbocycles. The summed E-state index contributed by atoms with van der Waals surface area (Å²) in [5, 5.41) is 13.0. The Morgan fingerprint density at radius 3 is 2.55 bits per heavy atom. The van der Waals surface area contributed by atoms with E-state index >= 15 is 0 Å². The maximum absolute atomic E-state index is 11.1. The predicted octanol–water partition coefficient (Wildman–Crippen LogP) is 3.86. The molecule has 0 atom stereocenters. The van der Waals surface area contributed by atoms with Gasteiger partial charge >= 0.3 is 5.69 Å². The minimum absolute atomic E-state index is 0.159. The molecule has 3 rings (SSSR count). The van der Waals surface area contributed by atoms with Crippen molar-refractivity contribution in [2.24, 2.45) is 0 Å². The normalized spacial score (nSPS) is 10.7. The fourth-order valence-corrected chi connectivity index (χ4v) is 2.27. The highest BCUT2D eigenvalue weighted by atomic mass is 35.5. The van der Waals surface area contributed by atoms with Crippen LogP contribution in [0.5, 0.6) is 0 Å². The zero-order valence-corrected chi connectivity index (χ0v) is 10.9. The van der Waals surface area contributed by atoms with Crippen molar-refractivity contribution in [3.8, 4) is 11.3 Å². The molecular formula is C14H8ClN3O2. The molecule has 20 heavy (non-hydrogen) atoms. The molecule has 98 valence electrons. The molecule has 0 spiro atoms. The molecule has 0 radical (unpaired) electrons. The van der Waals surface area contributed by atoms with Crippen molar-refractivity contribution < 1.29 is 4.92 Å². The molecule has 0 bridgehead atoms. The van der Waals surface area contributed by atoms with Gasteiger partial charge in [0, 0.05) is 5.56 Å². The van der Waals surface area contributed by atoms with Gasteiger partial charge in [-0.1, -0.05) is 48.0 Å². The summed E-state index contributed by atoms with van der Waals surface area (Å²) in [6.45, 7) is 0. The van der Waals surface area contributed by atoms with Gasteiger partial charge in [-0.25, -0.2) is 9.97 Å². The first kappa shape index (κ1) is 12.5. The van der Waals surface area contributed by atoms with Crippen LogP contribution in [0.15, 0.2) is 48.8 Å². The van der Waals surface area contributed by atoms with Crippen molar-refractivity contribution in [3.05, 3.63) is 64.1 Å². The molecule has 0 unspecified atom stereocenters. The van der Waals surface area contributed by atoms with Crippen molar-refractivity contribution >= 4 is 28.1 Å². The number of nitro groups is 1. The number of aromatic nitrogens is 2. The number of benzene rings is 2. The topological polar surface area (TPSA) is 68.9 Å². The van der Waals surface area contributed by atoms with Crippen LogP contribution < -0.4 is 0 Å². The number of hydrogen-bond donors (Lipinski definition) is 0. The van der Waals surface area contributed by atoms with Gasteiger partial charge in [-0.3, -0.25) is 10.1 Å². The van der Waals surface area contributed by atoms with Gasteiger partial charge in [0.2, 0.25) is 5.15 Å². The Kier molecular flexibility index (Phi) is 3.04. The van der Waals surface area contributed by atoms with Crippen LogP contribution in [-0.2, 0) is 0 Å². The molecule has 0 aliphatic rings. The van der Waals surface area contributed by atoms with E-state index in [9.17, 15) is 10.1 Å². The molecule has 0 N–H and O–H groups in total. The fraction of sp³-hybridized carbons (Fsp3) is 0. The van der Waals surface area contributed by atoms with Crippen molar-refractivity contribution in [3.63, 3.8) is 0 Å². The monoisotopic (exact) mass is 285 g/mol. The number of hydrogen-bond acceptors (Lipinski definition) is 4. The van der Waals surface area contributed by atoms with Crippen molar-refractivity contribution in [1.82, 2.24) is 9.97 Å². The summed E-state index contributed by atoms with van der Waals surface area (Å²) in [6.07, 6.45) is 1.22. The average Bonchev–Trinajstić information content (AvgIpc) is 2.46. The highest BCUT2D eigenvalue weighted by molar-refractivity contribution is 6.31. The quantitative estimate of drug-likeness (QED) is 0.407. The summed E-state index contributed by atoms with van der Waals surface area (Å²) in [6, 6.07) is 13.3. The van der Waals surface area contributed by atoms with Gasteiger partial charge in [0.15, 0.2) is 5.69 Å². The smallest absolute Gasteiger partial charge is 0.258 e. The largest absolute Gasteiger partial charge is 0.332 e. The molecule has 1 heterocycles.